The summed E-state index contributed by atoms with van der Waals surface area (Å²) in [6.45, 7) is 4.37. The molecule has 1 aliphatic heterocycles. The maximum Gasteiger partial charge on any atom is 0.146 e. The zero-order valence-corrected chi connectivity index (χ0v) is 12.9. The van der Waals surface area contributed by atoms with Crippen LogP contribution in [-0.2, 0) is 6.67 Å². The van der Waals surface area contributed by atoms with Gasteiger partial charge in [0.25, 0.3) is 0 Å². The van der Waals surface area contributed by atoms with Gasteiger partial charge in [0.05, 0.1) is 23.5 Å². The van der Waals surface area contributed by atoms with Gasteiger partial charge in [0, 0.05) is 38.6 Å². The molecule has 2 aromatic heterocycles. The maximum absolute atomic E-state index is 9.22. The molecule has 0 spiro atoms. The molecule has 6 nitrogen and oxygen atoms in total. The van der Waals surface area contributed by atoms with E-state index in [0.29, 0.717) is 10.6 Å². The number of nitrogens with zero attached hydrogens (tertiary/aromatic N) is 6. The van der Waals surface area contributed by atoms with Crippen molar-refractivity contribution in [3.05, 3.63) is 41.3 Å². The lowest BCUT2D eigenvalue weighted by molar-refractivity contribution is 0.221. The number of anilines is 1. The van der Waals surface area contributed by atoms with Gasteiger partial charge < -0.3 is 4.90 Å². The fraction of sp³-hybridized carbons (Fsp3) is 0.400. The highest BCUT2D eigenvalue weighted by Gasteiger charge is 2.18. The Morgan fingerprint density at radius 3 is 2.95 bits per heavy atom. The Labute approximate surface area is 134 Å². The van der Waals surface area contributed by atoms with E-state index >= 15 is 0 Å². The highest BCUT2D eigenvalue weighted by atomic mass is 35.5. The Bertz CT molecular complexity index is 677. The van der Waals surface area contributed by atoms with E-state index in [2.05, 4.69) is 26.0 Å². The van der Waals surface area contributed by atoms with Gasteiger partial charge in [-0.3, -0.25) is 9.58 Å². The van der Waals surface area contributed by atoms with Crippen LogP contribution in [0.3, 0.4) is 0 Å². The first-order chi connectivity index (χ1) is 10.8. The molecule has 1 aliphatic rings. The van der Waals surface area contributed by atoms with Crippen LogP contribution < -0.4 is 4.90 Å². The molecule has 0 saturated carbocycles. The van der Waals surface area contributed by atoms with E-state index in [0.717, 1.165) is 45.1 Å². The van der Waals surface area contributed by atoms with Gasteiger partial charge in [-0.15, -0.1) is 0 Å². The zero-order valence-electron chi connectivity index (χ0n) is 12.2. The van der Waals surface area contributed by atoms with Crippen LogP contribution in [-0.4, -0.2) is 45.8 Å². The van der Waals surface area contributed by atoms with E-state index in [9.17, 15) is 5.26 Å². The van der Waals surface area contributed by atoms with Gasteiger partial charge in [-0.1, -0.05) is 11.6 Å². The van der Waals surface area contributed by atoms with Gasteiger partial charge in [-0.25, -0.2) is 4.98 Å². The van der Waals surface area contributed by atoms with Gasteiger partial charge in [0.1, 0.15) is 11.9 Å². The van der Waals surface area contributed by atoms with Crippen molar-refractivity contribution < 1.29 is 0 Å². The van der Waals surface area contributed by atoms with Gasteiger partial charge >= 0.3 is 0 Å². The van der Waals surface area contributed by atoms with Crippen molar-refractivity contribution in [2.24, 2.45) is 0 Å². The number of pyridine rings is 1. The second kappa shape index (κ2) is 6.77. The van der Waals surface area contributed by atoms with Crippen molar-refractivity contribution in [3.8, 4) is 6.07 Å². The van der Waals surface area contributed by atoms with Crippen LogP contribution >= 0.6 is 11.6 Å². The molecule has 0 bridgehead atoms. The molecule has 0 amide bonds. The van der Waals surface area contributed by atoms with Crippen molar-refractivity contribution >= 4 is 17.4 Å². The first-order valence-corrected chi connectivity index (χ1v) is 7.64. The fourth-order valence-corrected chi connectivity index (χ4v) is 2.84. The highest BCUT2D eigenvalue weighted by molar-refractivity contribution is 6.30. The summed E-state index contributed by atoms with van der Waals surface area (Å²) >= 11 is 5.90. The Morgan fingerprint density at radius 1 is 1.27 bits per heavy atom. The Kier molecular flexibility index (Phi) is 4.56. The SMILES string of the molecule is N#Cc1cccnc1N1CCCN(Cn2cc(Cl)cn2)CC1. The van der Waals surface area contributed by atoms with Crippen molar-refractivity contribution in [1.82, 2.24) is 19.7 Å². The molecule has 7 heteroatoms. The number of rotatable bonds is 3. The molecule has 0 radical (unpaired) electrons. The third-order valence-corrected chi connectivity index (χ3v) is 3.94. The largest absolute Gasteiger partial charge is 0.354 e. The lowest BCUT2D eigenvalue weighted by Crippen LogP contribution is -2.32. The Morgan fingerprint density at radius 2 is 2.18 bits per heavy atom. The van der Waals surface area contributed by atoms with Crippen molar-refractivity contribution in [3.63, 3.8) is 0 Å². The number of aromatic nitrogens is 3. The summed E-state index contributed by atoms with van der Waals surface area (Å²) in [5, 5.41) is 14.1. The molecule has 3 heterocycles. The summed E-state index contributed by atoms with van der Waals surface area (Å²) in [7, 11) is 0. The van der Waals surface area contributed by atoms with Crippen molar-refractivity contribution in [1.29, 1.82) is 5.26 Å². The second-order valence-electron chi connectivity index (χ2n) is 5.28. The predicted octanol–water partition coefficient (Wildman–Crippen LogP) is 1.97. The third-order valence-electron chi connectivity index (χ3n) is 3.74. The average molecular weight is 317 g/mol. The first kappa shape index (κ1) is 14.8. The molecule has 0 aliphatic carbocycles. The van der Waals surface area contributed by atoms with Crippen LogP contribution in [0.1, 0.15) is 12.0 Å². The van der Waals surface area contributed by atoms with Gasteiger partial charge in [0.15, 0.2) is 0 Å². The van der Waals surface area contributed by atoms with Crippen LogP contribution in [0.25, 0.3) is 0 Å². The smallest absolute Gasteiger partial charge is 0.146 e. The molecule has 114 valence electrons. The molecule has 0 N–H and O–H groups in total. The molecule has 0 unspecified atom stereocenters. The van der Waals surface area contributed by atoms with Gasteiger partial charge in [-0.05, 0) is 18.6 Å². The zero-order chi connectivity index (χ0) is 15.4. The number of hydrogen-bond acceptors (Lipinski definition) is 5. The lowest BCUT2D eigenvalue weighted by Gasteiger charge is -2.23. The monoisotopic (exact) mass is 316 g/mol. The molecule has 22 heavy (non-hydrogen) atoms. The molecular weight excluding hydrogens is 300 g/mol. The topological polar surface area (TPSA) is 61.0 Å². The van der Waals surface area contributed by atoms with E-state index in [1.165, 1.54) is 0 Å². The molecule has 1 fully saturated rings. The number of nitriles is 1. The molecule has 1 saturated heterocycles. The third kappa shape index (κ3) is 3.38. The number of hydrogen-bond donors (Lipinski definition) is 0. The van der Waals surface area contributed by atoms with E-state index < -0.39 is 0 Å². The number of halogens is 1. The molecule has 0 aromatic carbocycles. The minimum absolute atomic E-state index is 0.634. The summed E-state index contributed by atoms with van der Waals surface area (Å²) in [6.07, 6.45) is 6.25. The normalized spacial score (nSPS) is 16.3. The van der Waals surface area contributed by atoms with E-state index in [-0.39, 0.29) is 0 Å². The maximum atomic E-state index is 9.22. The quantitative estimate of drug-likeness (QED) is 0.866. The summed E-state index contributed by atoms with van der Waals surface area (Å²) in [4.78, 5) is 8.90. The molecule has 3 rings (SSSR count). The van der Waals surface area contributed by atoms with Gasteiger partial charge in [-0.2, -0.15) is 10.4 Å². The Hall–Kier alpha value is -2.10. The van der Waals surface area contributed by atoms with Crippen LogP contribution in [0.5, 0.6) is 0 Å². The summed E-state index contributed by atoms with van der Waals surface area (Å²) in [6, 6.07) is 5.84. The fourth-order valence-electron chi connectivity index (χ4n) is 2.68. The van der Waals surface area contributed by atoms with E-state index in [1.807, 2.05) is 16.9 Å². The van der Waals surface area contributed by atoms with E-state index in [1.54, 1.807) is 18.5 Å². The van der Waals surface area contributed by atoms with Crippen LogP contribution in [0.15, 0.2) is 30.7 Å². The Balaban J connectivity index is 1.66. The van der Waals surface area contributed by atoms with Crippen molar-refractivity contribution in [2.45, 2.75) is 13.1 Å². The summed E-state index contributed by atoms with van der Waals surface area (Å²) in [5.41, 5.74) is 0.634. The van der Waals surface area contributed by atoms with Crippen LogP contribution in [0, 0.1) is 11.3 Å². The first-order valence-electron chi connectivity index (χ1n) is 7.26. The van der Waals surface area contributed by atoms with Crippen LogP contribution in [0.2, 0.25) is 5.02 Å². The lowest BCUT2D eigenvalue weighted by atomic mass is 10.2. The summed E-state index contributed by atoms with van der Waals surface area (Å²) in [5.74, 6) is 0.786. The van der Waals surface area contributed by atoms with E-state index in [4.69, 9.17) is 11.6 Å². The standard InChI is InChI=1S/C15H17ClN6/c16-14-10-19-22(11-14)12-20-5-2-6-21(8-7-20)15-13(9-17)3-1-4-18-15/h1,3-4,10-11H,2,5-8,12H2. The minimum Gasteiger partial charge on any atom is -0.354 e. The predicted molar refractivity (Wildman–Crippen MR) is 84.6 cm³/mol. The second-order valence-corrected chi connectivity index (χ2v) is 5.72. The summed E-state index contributed by atoms with van der Waals surface area (Å²) < 4.78 is 1.85. The molecule has 0 atom stereocenters. The van der Waals surface area contributed by atoms with Crippen LogP contribution in [0.4, 0.5) is 5.82 Å². The average Bonchev–Trinajstić information content (AvgIpc) is 2.81. The minimum atomic E-state index is 0.634. The van der Waals surface area contributed by atoms with Crippen molar-refractivity contribution in [2.75, 3.05) is 31.1 Å². The molecular formula is C15H17ClN6. The van der Waals surface area contributed by atoms with Gasteiger partial charge in [0.2, 0.25) is 0 Å². The molecule has 2 aromatic rings. The highest BCUT2D eigenvalue weighted by Crippen LogP contribution is 2.18.